The Morgan fingerprint density at radius 1 is 1.38 bits per heavy atom. The Balaban J connectivity index is 2.45. The van der Waals surface area contributed by atoms with Gasteiger partial charge in [0.25, 0.3) is 0 Å². The zero-order chi connectivity index (χ0) is 12.1. The number of hydrogen-bond acceptors (Lipinski definition) is 0. The molecule has 1 aromatic rings. The van der Waals surface area contributed by atoms with E-state index in [1.54, 1.807) is 6.07 Å². The standard InChI is InChI=1S/C13H17BrClF/c1-9(2)12(14)5-3-4-10-8-11(16)6-7-13(10)15/h6-9,12H,3-5H2,1-2H3. The van der Waals surface area contributed by atoms with Crippen LogP contribution in [0.1, 0.15) is 32.3 Å². The van der Waals surface area contributed by atoms with Crippen LogP contribution in [-0.2, 0) is 6.42 Å². The van der Waals surface area contributed by atoms with Crippen LogP contribution in [0.25, 0.3) is 0 Å². The molecule has 0 aliphatic carbocycles. The monoisotopic (exact) mass is 306 g/mol. The van der Waals surface area contributed by atoms with Crippen LogP contribution in [-0.4, -0.2) is 4.83 Å². The largest absolute Gasteiger partial charge is 0.207 e. The normalized spacial score (nSPS) is 13.1. The van der Waals surface area contributed by atoms with Crippen LogP contribution in [0.3, 0.4) is 0 Å². The van der Waals surface area contributed by atoms with Crippen molar-refractivity contribution in [1.82, 2.24) is 0 Å². The first-order valence-corrected chi connectivity index (χ1v) is 6.88. The van der Waals surface area contributed by atoms with E-state index in [-0.39, 0.29) is 5.82 Å². The molecule has 0 amide bonds. The van der Waals surface area contributed by atoms with Gasteiger partial charge in [-0.1, -0.05) is 41.4 Å². The number of hydrogen-bond donors (Lipinski definition) is 0. The van der Waals surface area contributed by atoms with Gasteiger partial charge in [0.05, 0.1) is 0 Å². The molecule has 3 heteroatoms. The van der Waals surface area contributed by atoms with Gasteiger partial charge in [-0.2, -0.15) is 0 Å². The summed E-state index contributed by atoms with van der Waals surface area (Å²) in [6.45, 7) is 4.38. The molecular formula is C13H17BrClF. The molecule has 0 fully saturated rings. The van der Waals surface area contributed by atoms with Gasteiger partial charge in [-0.15, -0.1) is 0 Å². The van der Waals surface area contributed by atoms with Gasteiger partial charge in [-0.05, 0) is 48.9 Å². The minimum Gasteiger partial charge on any atom is -0.207 e. The molecule has 0 radical (unpaired) electrons. The SMILES string of the molecule is CC(C)C(Br)CCCc1cc(F)ccc1Cl. The highest BCUT2D eigenvalue weighted by molar-refractivity contribution is 9.09. The van der Waals surface area contributed by atoms with E-state index in [1.807, 2.05) is 0 Å². The third-order valence-electron chi connectivity index (χ3n) is 2.66. The molecule has 1 unspecified atom stereocenters. The van der Waals surface area contributed by atoms with Crippen molar-refractivity contribution in [2.75, 3.05) is 0 Å². The van der Waals surface area contributed by atoms with Crippen molar-refractivity contribution >= 4 is 27.5 Å². The maximum absolute atomic E-state index is 13.0. The van der Waals surface area contributed by atoms with Gasteiger partial charge in [-0.25, -0.2) is 4.39 Å². The fraction of sp³-hybridized carbons (Fsp3) is 0.538. The smallest absolute Gasteiger partial charge is 0.123 e. The Hall–Kier alpha value is -0.0800. The molecule has 0 saturated heterocycles. The Labute approximate surface area is 110 Å². The molecular weight excluding hydrogens is 290 g/mol. The quantitative estimate of drug-likeness (QED) is 0.654. The second-order valence-corrected chi connectivity index (χ2v) is 5.97. The summed E-state index contributed by atoms with van der Waals surface area (Å²) in [5, 5.41) is 0.664. The van der Waals surface area contributed by atoms with Gasteiger partial charge < -0.3 is 0 Å². The highest BCUT2D eigenvalue weighted by Gasteiger charge is 2.09. The van der Waals surface area contributed by atoms with Crippen molar-refractivity contribution in [3.63, 3.8) is 0 Å². The van der Waals surface area contributed by atoms with Crippen LogP contribution in [0, 0.1) is 11.7 Å². The summed E-state index contributed by atoms with van der Waals surface area (Å²) in [4.78, 5) is 0.528. The Kier molecular flexibility index (Phi) is 5.77. The zero-order valence-electron chi connectivity index (χ0n) is 9.64. The van der Waals surface area contributed by atoms with Crippen LogP contribution >= 0.6 is 27.5 Å². The third kappa shape index (κ3) is 4.42. The Morgan fingerprint density at radius 2 is 2.06 bits per heavy atom. The topological polar surface area (TPSA) is 0 Å². The molecule has 1 atom stereocenters. The molecule has 0 heterocycles. The lowest BCUT2D eigenvalue weighted by molar-refractivity contribution is 0.561. The van der Waals surface area contributed by atoms with Crippen molar-refractivity contribution < 1.29 is 4.39 Å². The molecule has 0 aliphatic rings. The summed E-state index contributed by atoms with van der Waals surface area (Å²) in [5.74, 6) is 0.418. The number of halogens is 3. The van der Waals surface area contributed by atoms with Crippen molar-refractivity contribution in [1.29, 1.82) is 0 Å². The predicted molar refractivity (Wildman–Crippen MR) is 71.9 cm³/mol. The van der Waals surface area contributed by atoms with Gasteiger partial charge in [-0.3, -0.25) is 0 Å². The summed E-state index contributed by atoms with van der Waals surface area (Å²) >= 11 is 9.64. The molecule has 0 saturated carbocycles. The van der Waals surface area contributed by atoms with Gasteiger partial charge in [0, 0.05) is 9.85 Å². The minimum absolute atomic E-state index is 0.210. The highest BCUT2D eigenvalue weighted by atomic mass is 79.9. The molecule has 0 nitrogen and oxygen atoms in total. The van der Waals surface area contributed by atoms with E-state index in [4.69, 9.17) is 11.6 Å². The lowest BCUT2D eigenvalue weighted by Crippen LogP contribution is -2.07. The van der Waals surface area contributed by atoms with Crippen LogP contribution < -0.4 is 0 Å². The molecule has 90 valence electrons. The second-order valence-electron chi connectivity index (χ2n) is 4.39. The molecule has 1 aromatic carbocycles. The first-order valence-electron chi connectivity index (χ1n) is 5.58. The summed E-state index contributed by atoms with van der Waals surface area (Å²) in [7, 11) is 0. The Morgan fingerprint density at radius 3 is 2.69 bits per heavy atom. The van der Waals surface area contributed by atoms with Crippen molar-refractivity contribution in [2.45, 2.75) is 37.9 Å². The van der Waals surface area contributed by atoms with Crippen LogP contribution in [0.5, 0.6) is 0 Å². The summed E-state index contributed by atoms with van der Waals surface area (Å²) in [6.07, 6.45) is 2.95. The minimum atomic E-state index is -0.210. The lowest BCUT2D eigenvalue weighted by atomic mass is 10.0. The fourth-order valence-corrected chi connectivity index (χ4v) is 2.09. The first-order chi connectivity index (χ1) is 7.50. The number of benzene rings is 1. The second kappa shape index (κ2) is 6.61. The third-order valence-corrected chi connectivity index (χ3v) is 4.54. The first kappa shape index (κ1) is 14.0. The lowest BCUT2D eigenvalue weighted by Gasteiger charge is -2.13. The van der Waals surface area contributed by atoms with Crippen LogP contribution in [0.15, 0.2) is 18.2 Å². The van der Waals surface area contributed by atoms with Gasteiger partial charge in [0.15, 0.2) is 0 Å². The number of aryl methyl sites for hydroxylation is 1. The zero-order valence-corrected chi connectivity index (χ0v) is 12.0. The van der Waals surface area contributed by atoms with E-state index in [9.17, 15) is 4.39 Å². The van der Waals surface area contributed by atoms with E-state index >= 15 is 0 Å². The average molecular weight is 308 g/mol. The van der Waals surface area contributed by atoms with Gasteiger partial charge in [0.1, 0.15) is 5.82 Å². The van der Waals surface area contributed by atoms with E-state index in [2.05, 4.69) is 29.8 Å². The van der Waals surface area contributed by atoms with Gasteiger partial charge >= 0.3 is 0 Å². The summed E-state index contributed by atoms with van der Waals surface area (Å²) < 4.78 is 13.0. The maximum atomic E-state index is 13.0. The Bertz CT molecular complexity index is 339. The maximum Gasteiger partial charge on any atom is 0.123 e. The van der Waals surface area contributed by atoms with Crippen LogP contribution in [0.2, 0.25) is 5.02 Å². The van der Waals surface area contributed by atoms with E-state index in [0.717, 1.165) is 24.8 Å². The molecule has 0 bridgehead atoms. The number of rotatable bonds is 5. The highest BCUT2D eigenvalue weighted by Crippen LogP contribution is 2.22. The van der Waals surface area contributed by atoms with Crippen molar-refractivity contribution in [2.24, 2.45) is 5.92 Å². The molecule has 0 spiro atoms. The van der Waals surface area contributed by atoms with Crippen LogP contribution in [0.4, 0.5) is 4.39 Å². The van der Waals surface area contributed by atoms with Crippen molar-refractivity contribution in [3.8, 4) is 0 Å². The molecule has 16 heavy (non-hydrogen) atoms. The average Bonchev–Trinajstić information content (AvgIpc) is 2.22. The fourth-order valence-electron chi connectivity index (χ4n) is 1.56. The molecule has 0 aliphatic heterocycles. The van der Waals surface area contributed by atoms with E-state index < -0.39 is 0 Å². The van der Waals surface area contributed by atoms with E-state index in [0.29, 0.717) is 15.8 Å². The summed E-state index contributed by atoms with van der Waals surface area (Å²) in [5.41, 5.74) is 0.908. The molecule has 1 rings (SSSR count). The van der Waals surface area contributed by atoms with Gasteiger partial charge in [0.2, 0.25) is 0 Å². The molecule has 0 aromatic heterocycles. The van der Waals surface area contributed by atoms with E-state index in [1.165, 1.54) is 12.1 Å². The summed E-state index contributed by atoms with van der Waals surface area (Å²) in [6, 6.07) is 4.55. The number of alkyl halides is 1. The molecule has 0 N–H and O–H groups in total. The van der Waals surface area contributed by atoms with Crippen molar-refractivity contribution in [3.05, 3.63) is 34.6 Å². The predicted octanol–water partition coefficient (Wildman–Crippen LogP) is 5.22.